The van der Waals surface area contributed by atoms with Gasteiger partial charge in [-0.25, -0.2) is 19.9 Å². The van der Waals surface area contributed by atoms with Crippen LogP contribution in [0.2, 0.25) is 0 Å². The first-order chi connectivity index (χ1) is 18.7. The molecule has 9 nitrogen and oxygen atoms in total. The number of aryl methyl sites for hydroxylation is 2. The van der Waals surface area contributed by atoms with Crippen molar-refractivity contribution < 1.29 is 18.0 Å². The summed E-state index contributed by atoms with van der Waals surface area (Å²) < 4.78 is 42.6. The molecule has 0 atom stereocenters. The van der Waals surface area contributed by atoms with Gasteiger partial charge in [-0.2, -0.15) is 13.2 Å². The van der Waals surface area contributed by atoms with Gasteiger partial charge in [0.1, 0.15) is 5.82 Å². The van der Waals surface area contributed by atoms with Crippen LogP contribution in [0.15, 0.2) is 85.8 Å². The smallest absolute Gasteiger partial charge is 0.322 e. The Kier molecular flexibility index (Phi) is 6.75. The Balaban J connectivity index is 1.53. The molecule has 0 saturated carbocycles. The summed E-state index contributed by atoms with van der Waals surface area (Å²) in [6, 6.07) is 9.94. The predicted molar refractivity (Wildman–Crippen MR) is 138 cm³/mol. The number of halogens is 3. The summed E-state index contributed by atoms with van der Waals surface area (Å²) in [5.74, 6) is 0.624. The van der Waals surface area contributed by atoms with Crippen molar-refractivity contribution in [2.75, 3.05) is 10.2 Å². The molecule has 5 aromatic rings. The maximum atomic E-state index is 13.7. The van der Waals surface area contributed by atoms with Gasteiger partial charge in [0.25, 0.3) is 5.91 Å². The molecule has 1 amide bonds. The average molecular weight is 531 g/mol. The van der Waals surface area contributed by atoms with Crippen molar-refractivity contribution in [3.05, 3.63) is 108 Å². The number of carbonyl (C=O) groups excluding carboxylic acids is 1. The maximum absolute atomic E-state index is 13.7. The van der Waals surface area contributed by atoms with E-state index in [0.29, 0.717) is 23.3 Å². The van der Waals surface area contributed by atoms with E-state index in [1.807, 2.05) is 6.92 Å². The maximum Gasteiger partial charge on any atom is 0.416 e. The molecule has 1 N–H and O–H groups in total. The summed E-state index contributed by atoms with van der Waals surface area (Å²) >= 11 is 0. The van der Waals surface area contributed by atoms with E-state index < -0.39 is 17.6 Å². The molecule has 12 heteroatoms. The minimum Gasteiger partial charge on any atom is -0.322 e. The zero-order valence-electron chi connectivity index (χ0n) is 20.8. The molecule has 3 heterocycles. The molecule has 0 unspecified atom stereocenters. The van der Waals surface area contributed by atoms with Gasteiger partial charge >= 0.3 is 6.18 Å². The van der Waals surface area contributed by atoms with Crippen LogP contribution in [-0.2, 0) is 6.18 Å². The molecule has 196 valence electrons. The quantitative estimate of drug-likeness (QED) is 0.296. The van der Waals surface area contributed by atoms with Gasteiger partial charge in [-0.1, -0.05) is 6.07 Å². The standard InChI is InChI=1S/C27H21F3N8O/c1-17-4-5-19(12-23(17)38(24-16-31-8-9-33-24)26-34-6-3-7-35-26)25(39)36-21-13-20(27(28,29)30)14-22(15-21)37-11-10-32-18(37)2/h3-16H,1-2H3,(H,36,39). The van der Waals surface area contributed by atoms with E-state index in [1.165, 1.54) is 35.4 Å². The van der Waals surface area contributed by atoms with Crippen LogP contribution in [0.5, 0.6) is 0 Å². The summed E-state index contributed by atoms with van der Waals surface area (Å²) in [5, 5.41) is 2.61. The molecule has 0 saturated heterocycles. The lowest BCUT2D eigenvalue weighted by Crippen LogP contribution is -2.18. The SMILES string of the molecule is Cc1ccc(C(=O)Nc2cc(-n3ccnc3C)cc(C(F)(F)F)c2)cc1N(c1cnccn1)c1ncccn1. The second-order valence-corrected chi connectivity index (χ2v) is 8.51. The van der Waals surface area contributed by atoms with E-state index in [-0.39, 0.29) is 16.9 Å². The Bertz CT molecular complexity index is 1580. The van der Waals surface area contributed by atoms with Crippen molar-refractivity contribution >= 4 is 29.0 Å². The third kappa shape index (κ3) is 5.44. The van der Waals surface area contributed by atoms with E-state index in [4.69, 9.17) is 0 Å². The van der Waals surface area contributed by atoms with Crippen LogP contribution >= 0.6 is 0 Å². The third-order valence-electron chi connectivity index (χ3n) is 5.85. The van der Waals surface area contributed by atoms with Gasteiger partial charge in [0.15, 0.2) is 5.82 Å². The van der Waals surface area contributed by atoms with E-state index >= 15 is 0 Å². The van der Waals surface area contributed by atoms with Crippen LogP contribution in [0.3, 0.4) is 0 Å². The number of benzene rings is 2. The van der Waals surface area contributed by atoms with E-state index in [0.717, 1.165) is 17.7 Å². The van der Waals surface area contributed by atoms with Crippen LogP contribution in [0.1, 0.15) is 27.3 Å². The Morgan fingerprint density at radius 2 is 1.72 bits per heavy atom. The Hall–Kier alpha value is -5.13. The number of hydrogen-bond donors (Lipinski definition) is 1. The summed E-state index contributed by atoms with van der Waals surface area (Å²) in [6.07, 6.45) is 6.15. The van der Waals surface area contributed by atoms with Gasteiger partial charge in [0.05, 0.1) is 17.4 Å². The Labute approximate surface area is 221 Å². The zero-order valence-corrected chi connectivity index (χ0v) is 20.8. The van der Waals surface area contributed by atoms with Crippen molar-refractivity contribution in [2.24, 2.45) is 0 Å². The Morgan fingerprint density at radius 1 is 0.923 bits per heavy atom. The first-order valence-corrected chi connectivity index (χ1v) is 11.7. The van der Waals surface area contributed by atoms with Crippen LogP contribution in [-0.4, -0.2) is 35.4 Å². The number of alkyl halides is 3. The van der Waals surface area contributed by atoms with Crippen molar-refractivity contribution in [3.63, 3.8) is 0 Å². The summed E-state index contributed by atoms with van der Waals surface area (Å²) in [4.78, 5) is 36.2. The summed E-state index contributed by atoms with van der Waals surface area (Å²) in [7, 11) is 0. The highest BCUT2D eigenvalue weighted by molar-refractivity contribution is 6.05. The molecule has 39 heavy (non-hydrogen) atoms. The molecule has 0 aliphatic carbocycles. The number of anilines is 4. The fourth-order valence-corrected chi connectivity index (χ4v) is 3.98. The molecule has 3 aromatic heterocycles. The minimum absolute atomic E-state index is 0.0165. The van der Waals surface area contributed by atoms with Gasteiger partial charge in [-0.15, -0.1) is 0 Å². The largest absolute Gasteiger partial charge is 0.416 e. The molecule has 0 spiro atoms. The number of nitrogens with zero attached hydrogens (tertiary/aromatic N) is 7. The molecule has 0 aliphatic heterocycles. The van der Waals surface area contributed by atoms with Crippen molar-refractivity contribution in [1.82, 2.24) is 29.5 Å². The van der Waals surface area contributed by atoms with Gasteiger partial charge in [0, 0.05) is 54.1 Å². The third-order valence-corrected chi connectivity index (χ3v) is 5.85. The van der Waals surface area contributed by atoms with Crippen LogP contribution in [0.25, 0.3) is 5.69 Å². The van der Waals surface area contributed by atoms with E-state index in [9.17, 15) is 18.0 Å². The lowest BCUT2D eigenvalue weighted by molar-refractivity contribution is -0.137. The van der Waals surface area contributed by atoms with Crippen molar-refractivity contribution in [3.8, 4) is 5.69 Å². The first kappa shape index (κ1) is 25.5. The fourth-order valence-electron chi connectivity index (χ4n) is 3.98. The second-order valence-electron chi connectivity index (χ2n) is 8.51. The highest BCUT2D eigenvalue weighted by Crippen LogP contribution is 2.35. The van der Waals surface area contributed by atoms with Gasteiger partial charge in [0.2, 0.25) is 5.95 Å². The topological polar surface area (TPSA) is 102 Å². The average Bonchev–Trinajstić information content (AvgIpc) is 3.36. The van der Waals surface area contributed by atoms with E-state index in [2.05, 4.69) is 30.2 Å². The number of carbonyl (C=O) groups is 1. The van der Waals surface area contributed by atoms with Crippen LogP contribution in [0, 0.1) is 13.8 Å². The fraction of sp³-hybridized carbons (Fsp3) is 0.111. The number of aromatic nitrogens is 6. The lowest BCUT2D eigenvalue weighted by atomic mass is 10.1. The van der Waals surface area contributed by atoms with Gasteiger partial charge in [-0.05, 0) is 55.8 Å². The molecule has 2 aromatic carbocycles. The second kappa shape index (κ2) is 10.3. The van der Waals surface area contributed by atoms with Crippen molar-refractivity contribution in [2.45, 2.75) is 20.0 Å². The normalized spacial score (nSPS) is 11.3. The summed E-state index contributed by atoms with van der Waals surface area (Å²) in [6.45, 7) is 3.52. The highest BCUT2D eigenvalue weighted by atomic mass is 19.4. The molecular formula is C27H21F3N8O. The number of rotatable bonds is 6. The first-order valence-electron chi connectivity index (χ1n) is 11.7. The zero-order chi connectivity index (χ0) is 27.6. The molecule has 5 rings (SSSR count). The van der Waals surface area contributed by atoms with Gasteiger partial charge < -0.3 is 9.88 Å². The highest BCUT2D eigenvalue weighted by Gasteiger charge is 2.32. The number of amides is 1. The monoisotopic (exact) mass is 530 g/mol. The van der Waals surface area contributed by atoms with Crippen molar-refractivity contribution in [1.29, 1.82) is 0 Å². The van der Waals surface area contributed by atoms with Crippen LogP contribution in [0.4, 0.5) is 36.3 Å². The molecule has 0 aliphatic rings. The number of hydrogen-bond acceptors (Lipinski definition) is 7. The Morgan fingerprint density at radius 3 is 2.38 bits per heavy atom. The molecule has 0 radical (unpaired) electrons. The molecular weight excluding hydrogens is 509 g/mol. The predicted octanol–water partition coefficient (Wildman–Crippen LogP) is 5.81. The number of nitrogens with one attached hydrogen (secondary N) is 1. The van der Waals surface area contributed by atoms with Gasteiger partial charge in [-0.3, -0.25) is 14.7 Å². The van der Waals surface area contributed by atoms with Crippen LogP contribution < -0.4 is 10.2 Å². The lowest BCUT2D eigenvalue weighted by Gasteiger charge is -2.23. The van der Waals surface area contributed by atoms with E-state index in [1.54, 1.807) is 54.7 Å². The minimum atomic E-state index is -4.62. The molecule has 0 bridgehead atoms. The summed E-state index contributed by atoms with van der Waals surface area (Å²) in [5.41, 5.74) is 0.836. The number of imidazole rings is 1. The molecule has 0 fully saturated rings.